The zero-order valence-electron chi connectivity index (χ0n) is 29.4. The maximum atomic E-state index is 5.11. The zero-order chi connectivity index (χ0) is 36.6. The summed E-state index contributed by atoms with van der Waals surface area (Å²) in [6, 6.07) is 46.9. The van der Waals surface area contributed by atoms with Crippen LogP contribution < -0.4 is 0 Å². The van der Waals surface area contributed by atoms with Gasteiger partial charge in [0.2, 0.25) is 0 Å². The van der Waals surface area contributed by atoms with Gasteiger partial charge in [0.15, 0.2) is 0 Å². The Morgan fingerprint density at radius 1 is 0.291 bits per heavy atom. The van der Waals surface area contributed by atoms with Crippen LogP contribution in [0, 0.1) is 0 Å². The Labute approximate surface area is 321 Å². The van der Waals surface area contributed by atoms with Crippen LogP contribution in [0.4, 0.5) is 0 Å². The lowest BCUT2D eigenvalue weighted by molar-refractivity contribution is 1.26. The summed E-state index contributed by atoms with van der Waals surface area (Å²) in [5, 5.41) is 2.53. The van der Waals surface area contributed by atoms with Crippen molar-refractivity contribution in [3.63, 3.8) is 0 Å². The van der Waals surface area contributed by atoms with Gasteiger partial charge in [0.1, 0.15) is 0 Å². The zero-order valence-corrected chi connectivity index (χ0v) is 30.2. The molecular formula is C48H30N6S. The molecule has 55 heavy (non-hydrogen) atoms. The maximum absolute atomic E-state index is 5.11. The van der Waals surface area contributed by atoms with E-state index in [4.69, 9.17) is 9.97 Å². The minimum atomic E-state index is 0.837. The van der Waals surface area contributed by atoms with Crippen LogP contribution in [0.2, 0.25) is 0 Å². The van der Waals surface area contributed by atoms with Gasteiger partial charge in [-0.15, -0.1) is 11.3 Å². The van der Waals surface area contributed by atoms with Crippen molar-refractivity contribution in [1.82, 2.24) is 29.9 Å². The van der Waals surface area contributed by atoms with E-state index in [2.05, 4.69) is 105 Å². The molecule has 258 valence electrons. The predicted octanol–water partition coefficient (Wildman–Crippen LogP) is 12.1. The van der Waals surface area contributed by atoms with E-state index in [9.17, 15) is 0 Å². The fourth-order valence-electron chi connectivity index (χ4n) is 7.08. The summed E-state index contributed by atoms with van der Waals surface area (Å²) >= 11 is 1.83. The molecule has 0 aliphatic heterocycles. The van der Waals surface area contributed by atoms with Gasteiger partial charge >= 0.3 is 0 Å². The number of pyridine rings is 6. The van der Waals surface area contributed by atoms with Gasteiger partial charge in [-0.05, 0) is 143 Å². The number of nitrogens with zero attached hydrogens (tertiary/aromatic N) is 6. The van der Waals surface area contributed by atoms with Gasteiger partial charge in [0, 0.05) is 92.0 Å². The first kappa shape index (κ1) is 32.4. The van der Waals surface area contributed by atoms with Crippen LogP contribution in [0.3, 0.4) is 0 Å². The first-order valence-electron chi connectivity index (χ1n) is 18.0. The Balaban J connectivity index is 1.23. The number of fused-ring (bicyclic) bond motifs is 3. The molecule has 0 saturated heterocycles. The third-order valence-electron chi connectivity index (χ3n) is 9.79. The van der Waals surface area contributed by atoms with E-state index in [-0.39, 0.29) is 0 Å². The quantitative estimate of drug-likeness (QED) is 0.163. The molecule has 0 saturated carbocycles. The number of hydrogen-bond donors (Lipinski definition) is 0. The molecule has 6 nitrogen and oxygen atoms in total. The maximum Gasteiger partial charge on any atom is 0.0731 e. The van der Waals surface area contributed by atoms with E-state index in [1.54, 1.807) is 24.8 Å². The second kappa shape index (κ2) is 14.0. The largest absolute Gasteiger partial charge is 0.264 e. The predicted molar refractivity (Wildman–Crippen MR) is 224 cm³/mol. The van der Waals surface area contributed by atoms with Crippen molar-refractivity contribution in [1.29, 1.82) is 0 Å². The summed E-state index contributed by atoms with van der Waals surface area (Å²) in [6.07, 6.45) is 14.6. The van der Waals surface area contributed by atoms with Gasteiger partial charge in [-0.2, -0.15) is 0 Å². The van der Waals surface area contributed by atoms with Crippen LogP contribution in [-0.2, 0) is 0 Å². The molecule has 0 amide bonds. The summed E-state index contributed by atoms with van der Waals surface area (Å²) in [5.74, 6) is 0. The van der Waals surface area contributed by atoms with Crippen molar-refractivity contribution in [2.45, 2.75) is 0 Å². The van der Waals surface area contributed by atoms with Crippen molar-refractivity contribution >= 4 is 31.5 Å². The van der Waals surface area contributed by atoms with Gasteiger partial charge in [0.25, 0.3) is 0 Å². The van der Waals surface area contributed by atoms with Crippen molar-refractivity contribution in [3.05, 3.63) is 183 Å². The molecule has 0 bridgehead atoms. The normalized spacial score (nSPS) is 11.3. The first-order valence-corrected chi connectivity index (χ1v) is 18.8. The molecule has 7 heterocycles. The summed E-state index contributed by atoms with van der Waals surface area (Å²) in [7, 11) is 0. The van der Waals surface area contributed by atoms with Crippen LogP contribution >= 0.6 is 11.3 Å². The molecule has 0 unspecified atom stereocenters. The Morgan fingerprint density at radius 2 is 0.691 bits per heavy atom. The van der Waals surface area contributed by atoms with E-state index in [0.717, 1.165) is 78.4 Å². The van der Waals surface area contributed by atoms with Gasteiger partial charge in [-0.25, -0.2) is 9.97 Å². The molecule has 0 fully saturated rings. The number of aromatic nitrogens is 6. The van der Waals surface area contributed by atoms with Gasteiger partial charge < -0.3 is 0 Å². The lowest BCUT2D eigenvalue weighted by Crippen LogP contribution is -1.94. The van der Waals surface area contributed by atoms with E-state index in [1.165, 1.54) is 20.2 Å². The van der Waals surface area contributed by atoms with Crippen LogP contribution in [0.25, 0.3) is 98.6 Å². The SMILES string of the molecule is c1cncc(-c2cc(-c3cc(-c4cc(-c5cccnc5)nc(-c5cccnc5)c4)cc(-c4ccc5sc6ccccc6c5c4)c3)cc(-c3cccnc3)n2)c1. The Kier molecular flexibility index (Phi) is 8.24. The molecule has 0 atom stereocenters. The van der Waals surface area contributed by atoms with E-state index >= 15 is 0 Å². The van der Waals surface area contributed by atoms with E-state index < -0.39 is 0 Å². The Hall–Kier alpha value is -7.22. The monoisotopic (exact) mass is 722 g/mol. The Morgan fingerprint density at radius 3 is 1.13 bits per heavy atom. The van der Waals surface area contributed by atoms with Crippen molar-refractivity contribution in [2.75, 3.05) is 0 Å². The molecule has 7 heteroatoms. The van der Waals surface area contributed by atoms with Gasteiger partial charge in [-0.1, -0.05) is 24.3 Å². The average molecular weight is 723 g/mol. The molecule has 0 spiro atoms. The van der Waals surface area contributed by atoms with Crippen LogP contribution in [0.15, 0.2) is 183 Å². The molecule has 7 aromatic heterocycles. The highest BCUT2D eigenvalue weighted by Crippen LogP contribution is 2.40. The number of thiophene rings is 1. The molecule has 0 aliphatic carbocycles. The summed E-state index contributed by atoms with van der Waals surface area (Å²) in [5.41, 5.74) is 13.5. The van der Waals surface area contributed by atoms with Gasteiger partial charge in [-0.3, -0.25) is 19.9 Å². The van der Waals surface area contributed by atoms with Crippen LogP contribution in [0.5, 0.6) is 0 Å². The van der Waals surface area contributed by atoms with Gasteiger partial charge in [0.05, 0.1) is 22.8 Å². The van der Waals surface area contributed by atoms with Crippen molar-refractivity contribution in [3.8, 4) is 78.4 Å². The summed E-state index contributed by atoms with van der Waals surface area (Å²) < 4.78 is 2.56. The molecule has 0 aliphatic rings. The highest BCUT2D eigenvalue weighted by atomic mass is 32.1. The average Bonchev–Trinajstić information content (AvgIpc) is 3.65. The minimum Gasteiger partial charge on any atom is -0.264 e. The first-order chi connectivity index (χ1) is 27.2. The third-order valence-corrected chi connectivity index (χ3v) is 10.9. The molecule has 0 radical (unpaired) electrons. The Bertz CT molecular complexity index is 2710. The minimum absolute atomic E-state index is 0.837. The van der Waals surface area contributed by atoms with Crippen molar-refractivity contribution < 1.29 is 0 Å². The smallest absolute Gasteiger partial charge is 0.0731 e. The molecule has 10 aromatic rings. The van der Waals surface area contributed by atoms with Crippen LogP contribution in [0.1, 0.15) is 0 Å². The molecular weight excluding hydrogens is 693 g/mol. The molecule has 10 rings (SSSR count). The highest BCUT2D eigenvalue weighted by Gasteiger charge is 2.16. The lowest BCUT2D eigenvalue weighted by Gasteiger charge is -2.15. The third kappa shape index (κ3) is 6.43. The van der Waals surface area contributed by atoms with E-state index in [0.29, 0.717) is 0 Å². The fraction of sp³-hybridized carbons (Fsp3) is 0. The van der Waals surface area contributed by atoms with Crippen molar-refractivity contribution in [2.24, 2.45) is 0 Å². The summed E-state index contributed by atoms with van der Waals surface area (Å²) in [4.78, 5) is 27.9. The number of hydrogen-bond acceptors (Lipinski definition) is 7. The number of rotatable bonds is 7. The number of benzene rings is 3. The second-order valence-electron chi connectivity index (χ2n) is 13.3. The standard InChI is InChI=1S/C48H30N6S/c1-2-12-47-41(11-1)42-22-31(13-14-48(42)55-47)36-19-37(39-23-43(32-7-3-15-49-27-32)53-44(24-39)33-8-4-16-50-28-33)21-38(20-36)40-25-45(34-9-5-17-51-29-34)54-46(26-40)35-10-6-18-52-30-35/h1-30H. The van der Waals surface area contributed by atoms with Crippen LogP contribution in [-0.4, -0.2) is 29.9 Å². The second-order valence-corrected chi connectivity index (χ2v) is 14.4. The highest BCUT2D eigenvalue weighted by molar-refractivity contribution is 7.25. The topological polar surface area (TPSA) is 77.3 Å². The van der Waals surface area contributed by atoms with E-state index in [1.807, 2.05) is 84.7 Å². The molecule has 3 aromatic carbocycles. The fourth-order valence-corrected chi connectivity index (χ4v) is 8.16. The summed E-state index contributed by atoms with van der Waals surface area (Å²) in [6.45, 7) is 0. The molecule has 0 N–H and O–H groups in total. The lowest BCUT2D eigenvalue weighted by atomic mass is 9.91.